The highest BCUT2D eigenvalue weighted by atomic mass is 28.3. The van der Waals surface area contributed by atoms with Crippen molar-refractivity contribution in [3.8, 4) is 0 Å². The lowest BCUT2D eigenvalue weighted by Gasteiger charge is -2.44. The SMILES string of the molecule is CC(C)(C)[Si](CCCCO)(c1ccccc1)c1ccccc1. The minimum absolute atomic E-state index is 0.227. The molecule has 0 spiro atoms. The van der Waals surface area contributed by atoms with Crippen molar-refractivity contribution in [1.29, 1.82) is 0 Å². The Kier molecular flexibility index (Phi) is 5.60. The topological polar surface area (TPSA) is 20.2 Å². The predicted molar refractivity (Wildman–Crippen MR) is 98.7 cm³/mol. The van der Waals surface area contributed by atoms with Gasteiger partial charge in [0.2, 0.25) is 0 Å². The minimum Gasteiger partial charge on any atom is -0.396 e. The van der Waals surface area contributed by atoms with E-state index in [9.17, 15) is 5.11 Å². The monoisotopic (exact) mass is 312 g/mol. The zero-order valence-electron chi connectivity index (χ0n) is 14.0. The van der Waals surface area contributed by atoms with Crippen molar-refractivity contribution >= 4 is 18.4 Å². The summed E-state index contributed by atoms with van der Waals surface area (Å²) < 4.78 is 0. The van der Waals surface area contributed by atoms with Gasteiger partial charge in [0.1, 0.15) is 8.07 Å². The average molecular weight is 313 g/mol. The summed E-state index contributed by atoms with van der Waals surface area (Å²) in [6.45, 7) is 7.45. The number of aliphatic hydroxyl groups is 1. The molecule has 0 radical (unpaired) electrons. The summed E-state index contributed by atoms with van der Waals surface area (Å²) in [5.41, 5.74) is 0. The highest BCUT2D eigenvalue weighted by Crippen LogP contribution is 2.39. The summed E-state index contributed by atoms with van der Waals surface area (Å²) in [6.07, 6.45) is 1.98. The Labute approximate surface area is 136 Å². The van der Waals surface area contributed by atoms with E-state index in [1.807, 2.05) is 0 Å². The molecule has 2 rings (SSSR count). The van der Waals surface area contributed by atoms with Gasteiger partial charge in [-0.2, -0.15) is 0 Å². The summed E-state index contributed by atoms with van der Waals surface area (Å²) in [7, 11) is -1.90. The molecule has 0 aliphatic carbocycles. The zero-order valence-corrected chi connectivity index (χ0v) is 15.0. The van der Waals surface area contributed by atoms with Crippen molar-refractivity contribution in [2.75, 3.05) is 6.61 Å². The van der Waals surface area contributed by atoms with E-state index < -0.39 is 8.07 Å². The molecule has 0 bridgehead atoms. The van der Waals surface area contributed by atoms with E-state index in [2.05, 4.69) is 81.4 Å². The molecule has 0 fully saturated rings. The maximum Gasteiger partial charge on any atom is 0.123 e. The smallest absolute Gasteiger partial charge is 0.123 e. The first-order valence-corrected chi connectivity index (χ1v) is 10.4. The van der Waals surface area contributed by atoms with Crippen LogP contribution in [0.15, 0.2) is 60.7 Å². The number of aliphatic hydroxyl groups excluding tert-OH is 1. The number of hydrogen-bond acceptors (Lipinski definition) is 1. The Morgan fingerprint density at radius 3 is 1.59 bits per heavy atom. The van der Waals surface area contributed by atoms with Gasteiger partial charge < -0.3 is 5.11 Å². The number of hydrogen-bond donors (Lipinski definition) is 1. The van der Waals surface area contributed by atoms with Gasteiger partial charge in [-0.05, 0) is 17.5 Å². The molecule has 1 nitrogen and oxygen atoms in total. The van der Waals surface area contributed by atoms with Gasteiger partial charge in [0.25, 0.3) is 0 Å². The van der Waals surface area contributed by atoms with E-state index in [-0.39, 0.29) is 11.6 Å². The summed E-state index contributed by atoms with van der Waals surface area (Å²) in [5.74, 6) is 0. The molecule has 0 atom stereocenters. The zero-order chi connectivity index (χ0) is 16.1. The largest absolute Gasteiger partial charge is 0.396 e. The molecule has 22 heavy (non-hydrogen) atoms. The first-order valence-electron chi connectivity index (χ1n) is 8.24. The van der Waals surface area contributed by atoms with Gasteiger partial charge in [-0.25, -0.2) is 0 Å². The Morgan fingerprint density at radius 2 is 1.23 bits per heavy atom. The molecular weight excluding hydrogens is 284 g/mol. The van der Waals surface area contributed by atoms with E-state index in [0.717, 1.165) is 12.8 Å². The number of rotatable bonds is 6. The van der Waals surface area contributed by atoms with Gasteiger partial charge in [-0.15, -0.1) is 0 Å². The lowest BCUT2D eigenvalue weighted by molar-refractivity contribution is 0.286. The van der Waals surface area contributed by atoms with Crippen molar-refractivity contribution in [3.05, 3.63) is 60.7 Å². The van der Waals surface area contributed by atoms with E-state index >= 15 is 0 Å². The summed E-state index contributed by atoms with van der Waals surface area (Å²) in [4.78, 5) is 0. The molecule has 2 heteroatoms. The van der Waals surface area contributed by atoms with Crippen LogP contribution in [0.4, 0.5) is 0 Å². The Hall–Kier alpha value is -1.38. The van der Waals surface area contributed by atoms with Gasteiger partial charge in [-0.3, -0.25) is 0 Å². The van der Waals surface area contributed by atoms with Gasteiger partial charge in [0.15, 0.2) is 0 Å². The van der Waals surface area contributed by atoms with Crippen LogP contribution in [0.5, 0.6) is 0 Å². The third kappa shape index (κ3) is 3.34. The highest BCUT2D eigenvalue weighted by Gasteiger charge is 2.46. The first-order chi connectivity index (χ1) is 10.5. The summed E-state index contributed by atoms with van der Waals surface area (Å²) in [5, 5.41) is 12.5. The lowest BCUT2D eigenvalue weighted by atomic mass is 10.2. The molecular formula is C20H28OSi. The second-order valence-corrected chi connectivity index (χ2v) is 12.0. The Bertz CT molecular complexity index is 518. The number of benzene rings is 2. The molecule has 0 heterocycles. The molecule has 118 valence electrons. The van der Waals surface area contributed by atoms with Crippen LogP contribution in [0.25, 0.3) is 0 Å². The molecule has 0 unspecified atom stereocenters. The molecule has 0 aliphatic rings. The van der Waals surface area contributed by atoms with E-state index in [0.29, 0.717) is 0 Å². The normalized spacial score (nSPS) is 12.4. The predicted octanol–water partition coefficient (Wildman–Crippen LogP) is 3.82. The Morgan fingerprint density at radius 1 is 0.773 bits per heavy atom. The van der Waals surface area contributed by atoms with Gasteiger partial charge in [0, 0.05) is 6.61 Å². The Balaban J connectivity index is 2.59. The third-order valence-electron chi connectivity index (χ3n) is 4.77. The molecule has 2 aromatic carbocycles. The first kappa shape index (κ1) is 17.0. The molecule has 1 N–H and O–H groups in total. The quantitative estimate of drug-likeness (QED) is 0.635. The van der Waals surface area contributed by atoms with Crippen LogP contribution in [-0.2, 0) is 0 Å². The van der Waals surface area contributed by atoms with Crippen LogP contribution < -0.4 is 10.4 Å². The fourth-order valence-electron chi connectivity index (χ4n) is 3.64. The summed E-state index contributed by atoms with van der Waals surface area (Å²) >= 11 is 0. The molecule has 0 aliphatic heterocycles. The maximum absolute atomic E-state index is 9.22. The minimum atomic E-state index is -1.90. The second kappa shape index (κ2) is 7.25. The second-order valence-electron chi connectivity index (χ2n) is 7.07. The van der Waals surface area contributed by atoms with Crippen molar-refractivity contribution in [2.45, 2.75) is 44.7 Å². The third-order valence-corrected chi connectivity index (χ3v) is 11.1. The van der Waals surface area contributed by atoms with Crippen molar-refractivity contribution < 1.29 is 5.11 Å². The van der Waals surface area contributed by atoms with E-state index in [1.54, 1.807) is 0 Å². The molecule has 0 amide bonds. The van der Waals surface area contributed by atoms with E-state index in [1.165, 1.54) is 16.4 Å². The van der Waals surface area contributed by atoms with Gasteiger partial charge >= 0.3 is 0 Å². The molecule has 0 aromatic heterocycles. The highest BCUT2D eigenvalue weighted by molar-refractivity contribution is 7.04. The van der Waals surface area contributed by atoms with Crippen molar-refractivity contribution in [1.82, 2.24) is 0 Å². The van der Waals surface area contributed by atoms with Gasteiger partial charge in [-0.1, -0.05) is 98.2 Å². The van der Waals surface area contributed by atoms with Gasteiger partial charge in [0.05, 0.1) is 0 Å². The van der Waals surface area contributed by atoms with E-state index in [4.69, 9.17) is 0 Å². The van der Waals surface area contributed by atoms with Crippen molar-refractivity contribution in [2.24, 2.45) is 0 Å². The number of unbranched alkanes of at least 4 members (excludes halogenated alkanes) is 1. The molecule has 0 saturated carbocycles. The van der Waals surface area contributed by atoms with Crippen LogP contribution in [0.3, 0.4) is 0 Å². The molecule has 0 saturated heterocycles. The van der Waals surface area contributed by atoms with Crippen LogP contribution in [0.1, 0.15) is 33.6 Å². The maximum atomic E-state index is 9.22. The average Bonchev–Trinajstić information content (AvgIpc) is 2.52. The fourth-order valence-corrected chi connectivity index (χ4v) is 9.34. The standard InChI is InChI=1S/C20H28OSi/c1-20(2,3)22(17-11-10-16-21,18-12-6-4-7-13-18)19-14-8-5-9-15-19/h4-9,12-15,21H,10-11,16-17H2,1-3H3. The van der Waals surface area contributed by atoms with Crippen LogP contribution >= 0.6 is 0 Å². The fraction of sp³-hybridized carbons (Fsp3) is 0.400. The van der Waals surface area contributed by atoms with Crippen LogP contribution in [-0.4, -0.2) is 19.8 Å². The van der Waals surface area contributed by atoms with Crippen LogP contribution in [0, 0.1) is 0 Å². The van der Waals surface area contributed by atoms with Crippen molar-refractivity contribution in [3.63, 3.8) is 0 Å². The van der Waals surface area contributed by atoms with Crippen LogP contribution in [0.2, 0.25) is 11.1 Å². The lowest BCUT2D eigenvalue weighted by Crippen LogP contribution is -2.64. The molecule has 2 aromatic rings. The summed E-state index contributed by atoms with van der Waals surface area (Å²) in [6, 6.07) is 23.3.